The van der Waals surface area contributed by atoms with Gasteiger partial charge in [0.25, 0.3) is 0 Å². The second kappa shape index (κ2) is 11.0. The normalized spacial score (nSPS) is 10.6. The summed E-state index contributed by atoms with van der Waals surface area (Å²) in [6, 6.07) is 59.6. The van der Waals surface area contributed by atoms with Gasteiger partial charge in [-0.2, -0.15) is 0 Å². The fraction of sp³-hybridized carbons (Fsp3) is 0. The molecule has 0 heteroatoms. The Bertz CT molecular complexity index is 1690. The number of rotatable bonds is 0. The third-order valence-corrected chi connectivity index (χ3v) is 6.85. The largest absolute Gasteiger partial charge is 0.0623 e. The fourth-order valence-corrected chi connectivity index (χ4v) is 4.90. The van der Waals surface area contributed by atoms with Crippen LogP contribution in [0.5, 0.6) is 0 Å². The van der Waals surface area contributed by atoms with Gasteiger partial charge in [0.05, 0.1) is 0 Å². The first-order chi connectivity index (χ1) is 18.8. The summed E-state index contributed by atoms with van der Waals surface area (Å²) in [5.41, 5.74) is 0. The highest BCUT2D eigenvalue weighted by Crippen LogP contribution is 2.27. The van der Waals surface area contributed by atoms with Crippen LogP contribution in [0.2, 0.25) is 0 Å². The molecule has 0 aromatic heterocycles. The third kappa shape index (κ3) is 5.26. The molecule has 0 unspecified atom stereocenters. The first-order valence-electron chi connectivity index (χ1n) is 13.0. The monoisotopic (exact) mass is 484 g/mol. The van der Waals surface area contributed by atoms with Crippen molar-refractivity contribution in [2.75, 3.05) is 0 Å². The molecule has 180 valence electrons. The minimum Gasteiger partial charge on any atom is -0.0623 e. The van der Waals surface area contributed by atoms with Crippen molar-refractivity contribution < 1.29 is 0 Å². The van der Waals surface area contributed by atoms with Crippen LogP contribution in [0.4, 0.5) is 0 Å². The second-order valence-electron chi connectivity index (χ2n) is 9.45. The summed E-state index contributed by atoms with van der Waals surface area (Å²) in [5.74, 6) is 0. The number of hydrogen-bond acceptors (Lipinski definition) is 0. The van der Waals surface area contributed by atoms with Crippen molar-refractivity contribution in [2.24, 2.45) is 0 Å². The van der Waals surface area contributed by atoms with Crippen molar-refractivity contribution in [3.8, 4) is 0 Å². The van der Waals surface area contributed by atoms with Gasteiger partial charge in [-0.05, 0) is 90.3 Å². The summed E-state index contributed by atoms with van der Waals surface area (Å²) in [6.07, 6.45) is 0. The van der Waals surface area contributed by atoms with E-state index in [0.717, 1.165) is 0 Å². The lowest BCUT2D eigenvalue weighted by atomic mass is 10.00. The molecule has 0 radical (unpaired) electrons. The zero-order valence-electron chi connectivity index (χ0n) is 21.2. The summed E-state index contributed by atoms with van der Waals surface area (Å²) in [7, 11) is 0. The quantitative estimate of drug-likeness (QED) is 0.188. The Morgan fingerprint density at radius 2 is 0.316 bits per heavy atom. The van der Waals surface area contributed by atoms with Crippen molar-refractivity contribution in [1.82, 2.24) is 0 Å². The Labute approximate surface area is 223 Å². The molecule has 0 spiro atoms. The number of hydrogen-bond donors (Lipinski definition) is 0. The summed E-state index contributed by atoms with van der Waals surface area (Å²) in [5, 5.41) is 13.1. The molecule has 0 fully saturated rings. The zero-order valence-corrected chi connectivity index (χ0v) is 21.2. The molecule has 0 aliphatic heterocycles. The highest BCUT2D eigenvalue weighted by molar-refractivity contribution is 6.04. The van der Waals surface area contributed by atoms with Gasteiger partial charge in [0.1, 0.15) is 0 Å². The Hall–Kier alpha value is -4.94. The smallest absolute Gasteiger partial charge is 0.0171 e. The standard InChI is InChI=1S/C18H12.C14H10.C6H6/c1-2-6-14-10-18-12-16-8-4-3-7-15(16)11-17(18)9-13(14)5-1;1-2-6-12-10-14-8-4-3-7-13(14)9-11(12)5-1;1-2-4-6-5-3-1/h1-12H;1-10H;1-6H. The van der Waals surface area contributed by atoms with E-state index in [1.807, 2.05) is 36.4 Å². The maximum Gasteiger partial charge on any atom is -0.0171 e. The van der Waals surface area contributed by atoms with E-state index in [2.05, 4.69) is 133 Å². The molecular formula is C38H28. The third-order valence-electron chi connectivity index (χ3n) is 6.85. The van der Waals surface area contributed by atoms with Crippen LogP contribution in [0.15, 0.2) is 170 Å². The fourth-order valence-electron chi connectivity index (χ4n) is 4.90. The lowest BCUT2D eigenvalue weighted by Crippen LogP contribution is -1.78. The molecule has 8 aromatic rings. The maximum atomic E-state index is 2.27. The Kier molecular flexibility index (Phi) is 6.78. The van der Waals surface area contributed by atoms with E-state index >= 15 is 0 Å². The van der Waals surface area contributed by atoms with E-state index in [9.17, 15) is 0 Å². The van der Waals surface area contributed by atoms with Crippen LogP contribution in [-0.4, -0.2) is 0 Å². The summed E-state index contributed by atoms with van der Waals surface area (Å²) in [4.78, 5) is 0. The molecule has 0 nitrogen and oxygen atoms in total. The van der Waals surface area contributed by atoms with Gasteiger partial charge in [0.15, 0.2) is 0 Å². The van der Waals surface area contributed by atoms with E-state index in [-0.39, 0.29) is 0 Å². The molecule has 0 bridgehead atoms. The average molecular weight is 485 g/mol. The molecule has 0 heterocycles. The van der Waals surface area contributed by atoms with Crippen LogP contribution < -0.4 is 0 Å². The molecule has 38 heavy (non-hydrogen) atoms. The van der Waals surface area contributed by atoms with E-state index < -0.39 is 0 Å². The van der Waals surface area contributed by atoms with Gasteiger partial charge >= 0.3 is 0 Å². The predicted octanol–water partition coefficient (Wildman–Crippen LogP) is 10.8. The molecule has 0 saturated carbocycles. The van der Waals surface area contributed by atoms with E-state index in [4.69, 9.17) is 0 Å². The van der Waals surface area contributed by atoms with Gasteiger partial charge in [0, 0.05) is 0 Å². The van der Waals surface area contributed by atoms with Gasteiger partial charge in [-0.25, -0.2) is 0 Å². The first kappa shape index (κ1) is 23.5. The molecule has 0 saturated heterocycles. The first-order valence-corrected chi connectivity index (χ1v) is 13.0. The summed E-state index contributed by atoms with van der Waals surface area (Å²) in [6.45, 7) is 0. The molecule has 8 rings (SSSR count). The van der Waals surface area contributed by atoms with Crippen molar-refractivity contribution in [1.29, 1.82) is 0 Å². The minimum absolute atomic E-state index is 1.31. The minimum atomic E-state index is 1.31. The van der Waals surface area contributed by atoms with Crippen molar-refractivity contribution >= 4 is 53.9 Å². The van der Waals surface area contributed by atoms with Gasteiger partial charge < -0.3 is 0 Å². The Morgan fingerprint density at radius 1 is 0.158 bits per heavy atom. The van der Waals surface area contributed by atoms with E-state index in [1.54, 1.807) is 0 Å². The number of fused-ring (bicyclic) bond motifs is 5. The summed E-state index contributed by atoms with van der Waals surface area (Å²) >= 11 is 0. The second-order valence-corrected chi connectivity index (χ2v) is 9.45. The molecule has 0 aliphatic carbocycles. The maximum absolute atomic E-state index is 2.27. The Morgan fingerprint density at radius 3 is 0.500 bits per heavy atom. The van der Waals surface area contributed by atoms with Crippen molar-refractivity contribution in [3.05, 3.63) is 170 Å². The molecule has 8 aromatic carbocycles. The lowest BCUT2D eigenvalue weighted by Gasteiger charge is -2.04. The average Bonchev–Trinajstić information content (AvgIpc) is 2.99. The van der Waals surface area contributed by atoms with E-state index in [0.29, 0.717) is 0 Å². The molecular weight excluding hydrogens is 456 g/mol. The highest BCUT2D eigenvalue weighted by atomic mass is 14.0. The molecule has 0 N–H and O–H groups in total. The molecule has 0 aliphatic rings. The van der Waals surface area contributed by atoms with Gasteiger partial charge in [0.2, 0.25) is 0 Å². The van der Waals surface area contributed by atoms with Gasteiger partial charge in [-0.3, -0.25) is 0 Å². The van der Waals surface area contributed by atoms with Gasteiger partial charge in [-0.1, -0.05) is 133 Å². The van der Waals surface area contributed by atoms with E-state index in [1.165, 1.54) is 53.9 Å². The van der Waals surface area contributed by atoms with Crippen LogP contribution in [0, 0.1) is 0 Å². The van der Waals surface area contributed by atoms with Crippen LogP contribution in [0.3, 0.4) is 0 Å². The van der Waals surface area contributed by atoms with Gasteiger partial charge in [-0.15, -0.1) is 0 Å². The summed E-state index contributed by atoms with van der Waals surface area (Å²) < 4.78 is 0. The van der Waals surface area contributed by atoms with Crippen molar-refractivity contribution in [2.45, 2.75) is 0 Å². The molecule has 0 atom stereocenters. The van der Waals surface area contributed by atoms with Crippen LogP contribution >= 0.6 is 0 Å². The predicted molar refractivity (Wildman–Crippen MR) is 167 cm³/mol. The van der Waals surface area contributed by atoms with Crippen LogP contribution in [0.25, 0.3) is 53.9 Å². The van der Waals surface area contributed by atoms with Crippen LogP contribution in [0.1, 0.15) is 0 Å². The highest BCUT2D eigenvalue weighted by Gasteiger charge is 2.00. The Balaban J connectivity index is 0.000000117. The zero-order chi connectivity index (χ0) is 25.6. The molecule has 0 amide bonds. The SMILES string of the molecule is c1ccc2cc3cc4ccccc4cc3cc2c1.c1ccc2cc3ccccc3cc2c1.c1ccccc1. The lowest BCUT2D eigenvalue weighted by molar-refractivity contribution is 1.72. The topological polar surface area (TPSA) is 0 Å². The van der Waals surface area contributed by atoms with Crippen molar-refractivity contribution in [3.63, 3.8) is 0 Å². The number of benzene rings is 8. The van der Waals surface area contributed by atoms with Crippen LogP contribution in [-0.2, 0) is 0 Å².